The summed E-state index contributed by atoms with van der Waals surface area (Å²) in [4.78, 5) is 23.1. The number of carbonyl (C=O) groups is 2. The monoisotopic (exact) mass is 281 g/mol. The first kappa shape index (κ1) is 15.8. The molecule has 0 spiro atoms. The number of rotatable bonds is 7. The highest BCUT2D eigenvalue weighted by Gasteiger charge is 2.19. The van der Waals surface area contributed by atoms with Crippen molar-refractivity contribution in [2.75, 3.05) is 26.0 Å². The summed E-state index contributed by atoms with van der Waals surface area (Å²) in [5, 5.41) is 2.63. The van der Waals surface area contributed by atoms with Crippen LogP contribution in [0.5, 0.6) is 5.75 Å². The highest BCUT2D eigenvalue weighted by Crippen LogP contribution is 2.27. The number of amides is 2. The van der Waals surface area contributed by atoms with E-state index in [1.54, 1.807) is 19.1 Å². The Labute approximate surface area is 117 Å². The second kappa shape index (κ2) is 7.34. The molecule has 20 heavy (non-hydrogen) atoms. The molecule has 0 saturated carbocycles. The maximum absolute atomic E-state index is 11.8. The van der Waals surface area contributed by atoms with E-state index in [1.165, 1.54) is 13.2 Å². The molecule has 7 heteroatoms. The van der Waals surface area contributed by atoms with E-state index in [0.717, 1.165) is 0 Å². The molecule has 1 rings (SSSR count). The topological polar surface area (TPSA) is 117 Å². The molecule has 1 aromatic carbocycles. The van der Waals surface area contributed by atoms with Gasteiger partial charge in [-0.3, -0.25) is 9.59 Å². The summed E-state index contributed by atoms with van der Waals surface area (Å²) in [5.41, 5.74) is 11.4. The molecule has 0 heterocycles. The van der Waals surface area contributed by atoms with Crippen LogP contribution in [0.2, 0.25) is 0 Å². The molecule has 0 bridgehead atoms. The molecule has 0 aromatic heterocycles. The van der Waals surface area contributed by atoms with Gasteiger partial charge in [-0.25, -0.2) is 0 Å². The molecular formula is C13H19N3O4. The summed E-state index contributed by atoms with van der Waals surface area (Å²) >= 11 is 0. The summed E-state index contributed by atoms with van der Waals surface area (Å²) < 4.78 is 10.3. The third kappa shape index (κ3) is 4.13. The van der Waals surface area contributed by atoms with Crippen molar-refractivity contribution in [2.24, 2.45) is 5.73 Å². The Morgan fingerprint density at radius 1 is 1.40 bits per heavy atom. The van der Waals surface area contributed by atoms with Crippen LogP contribution in [0.1, 0.15) is 17.3 Å². The number of nitrogen functional groups attached to an aromatic ring is 1. The number of methoxy groups -OCH3 is 1. The minimum Gasteiger partial charge on any atom is -0.478 e. The summed E-state index contributed by atoms with van der Waals surface area (Å²) in [5.74, 6) is -0.880. The molecule has 0 saturated heterocycles. The quantitative estimate of drug-likeness (QED) is 0.476. The maximum atomic E-state index is 11.8. The van der Waals surface area contributed by atoms with Crippen LogP contribution in [0.3, 0.4) is 0 Å². The van der Waals surface area contributed by atoms with E-state index in [4.69, 9.17) is 20.9 Å². The fourth-order valence-electron chi connectivity index (χ4n) is 1.53. The van der Waals surface area contributed by atoms with Crippen molar-refractivity contribution in [3.8, 4) is 5.75 Å². The van der Waals surface area contributed by atoms with Gasteiger partial charge >= 0.3 is 0 Å². The van der Waals surface area contributed by atoms with E-state index in [0.29, 0.717) is 13.2 Å². The molecule has 0 aliphatic heterocycles. The Hall–Kier alpha value is -2.28. The maximum Gasteiger partial charge on any atom is 0.260 e. The predicted molar refractivity (Wildman–Crippen MR) is 74.3 cm³/mol. The van der Waals surface area contributed by atoms with E-state index in [2.05, 4.69) is 5.32 Å². The van der Waals surface area contributed by atoms with Crippen LogP contribution < -0.4 is 21.5 Å². The third-order valence-corrected chi connectivity index (χ3v) is 2.58. The molecule has 2 amide bonds. The van der Waals surface area contributed by atoms with Crippen LogP contribution in [-0.2, 0) is 9.53 Å². The molecule has 1 aromatic rings. The largest absolute Gasteiger partial charge is 0.478 e. The van der Waals surface area contributed by atoms with Crippen molar-refractivity contribution in [3.63, 3.8) is 0 Å². The molecule has 110 valence electrons. The van der Waals surface area contributed by atoms with Gasteiger partial charge in [0, 0.05) is 13.7 Å². The van der Waals surface area contributed by atoms with Crippen LogP contribution in [-0.4, -0.2) is 38.2 Å². The Bertz CT molecular complexity index is 491. The summed E-state index contributed by atoms with van der Waals surface area (Å²) in [6.45, 7) is 2.33. The van der Waals surface area contributed by atoms with Gasteiger partial charge in [0.25, 0.3) is 11.8 Å². The Balaban J connectivity index is 2.77. The second-order valence-corrected chi connectivity index (χ2v) is 4.13. The van der Waals surface area contributed by atoms with Crippen LogP contribution in [0, 0.1) is 0 Å². The molecule has 1 atom stereocenters. The van der Waals surface area contributed by atoms with Crippen LogP contribution in [0.25, 0.3) is 0 Å². The fraction of sp³-hybridized carbons (Fsp3) is 0.385. The van der Waals surface area contributed by atoms with Gasteiger partial charge in [-0.05, 0) is 19.1 Å². The molecule has 0 aliphatic carbocycles. The lowest BCUT2D eigenvalue weighted by Gasteiger charge is -2.17. The number of nitrogens with one attached hydrogen (secondary N) is 1. The number of benzene rings is 1. The lowest BCUT2D eigenvalue weighted by atomic mass is 10.1. The number of carbonyl (C=O) groups excluding carboxylic acids is 2. The summed E-state index contributed by atoms with van der Waals surface area (Å²) in [7, 11) is 1.54. The number of hydrogen-bond acceptors (Lipinski definition) is 5. The lowest BCUT2D eigenvalue weighted by Crippen LogP contribution is -2.38. The Morgan fingerprint density at radius 3 is 2.70 bits per heavy atom. The van der Waals surface area contributed by atoms with Crippen LogP contribution in [0.15, 0.2) is 18.2 Å². The standard InChI is InChI=1S/C13H19N3O4/c1-8(13(18)16-6-7-19-2)20-11-9(12(15)17)4-3-5-10(11)14/h3-5,8H,6-7,14H2,1-2H3,(H2,15,17)(H,16,18). The van der Waals surface area contributed by atoms with Crippen LogP contribution >= 0.6 is 0 Å². The lowest BCUT2D eigenvalue weighted by molar-refractivity contribution is -0.127. The summed E-state index contributed by atoms with van der Waals surface area (Å²) in [6.07, 6.45) is -0.811. The van der Waals surface area contributed by atoms with Gasteiger partial charge in [-0.1, -0.05) is 6.07 Å². The first-order chi connectivity index (χ1) is 9.47. The SMILES string of the molecule is COCCNC(=O)C(C)Oc1c(N)cccc1C(N)=O. The zero-order valence-electron chi connectivity index (χ0n) is 11.5. The van der Waals surface area contributed by atoms with Crippen molar-refractivity contribution in [1.82, 2.24) is 5.32 Å². The van der Waals surface area contributed by atoms with Gasteiger partial charge in [-0.2, -0.15) is 0 Å². The highest BCUT2D eigenvalue weighted by molar-refractivity contribution is 5.97. The number of primary amides is 1. The zero-order valence-corrected chi connectivity index (χ0v) is 11.5. The zero-order chi connectivity index (χ0) is 15.1. The van der Waals surface area contributed by atoms with Gasteiger partial charge in [0.15, 0.2) is 11.9 Å². The molecule has 1 unspecified atom stereocenters. The third-order valence-electron chi connectivity index (χ3n) is 2.58. The first-order valence-electron chi connectivity index (χ1n) is 6.09. The number of hydrogen-bond donors (Lipinski definition) is 3. The fourth-order valence-corrected chi connectivity index (χ4v) is 1.53. The average molecular weight is 281 g/mol. The van der Waals surface area contributed by atoms with Crippen molar-refractivity contribution >= 4 is 17.5 Å². The molecule has 0 fully saturated rings. The molecular weight excluding hydrogens is 262 g/mol. The van der Waals surface area contributed by atoms with Crippen molar-refractivity contribution in [1.29, 1.82) is 0 Å². The average Bonchev–Trinajstić information content (AvgIpc) is 2.40. The predicted octanol–water partition coefficient (Wildman–Crippen LogP) is -0.102. The second-order valence-electron chi connectivity index (χ2n) is 4.13. The minimum atomic E-state index is -0.811. The van der Waals surface area contributed by atoms with E-state index in [-0.39, 0.29) is 22.9 Å². The number of anilines is 1. The normalized spacial score (nSPS) is 11.7. The number of para-hydroxylation sites is 1. The summed E-state index contributed by atoms with van der Waals surface area (Å²) in [6, 6.07) is 4.65. The van der Waals surface area contributed by atoms with Gasteiger partial charge in [0.1, 0.15) is 0 Å². The van der Waals surface area contributed by atoms with Gasteiger partial charge in [0.05, 0.1) is 17.9 Å². The highest BCUT2D eigenvalue weighted by atomic mass is 16.5. The van der Waals surface area contributed by atoms with E-state index in [1.807, 2.05) is 0 Å². The minimum absolute atomic E-state index is 0.120. The smallest absolute Gasteiger partial charge is 0.260 e. The molecule has 7 nitrogen and oxygen atoms in total. The van der Waals surface area contributed by atoms with Crippen molar-refractivity contribution in [2.45, 2.75) is 13.0 Å². The molecule has 5 N–H and O–H groups in total. The van der Waals surface area contributed by atoms with E-state index in [9.17, 15) is 9.59 Å². The Kier molecular flexibility index (Phi) is 5.79. The van der Waals surface area contributed by atoms with Crippen molar-refractivity contribution in [3.05, 3.63) is 23.8 Å². The molecule has 0 aliphatic rings. The van der Waals surface area contributed by atoms with Gasteiger partial charge in [0.2, 0.25) is 0 Å². The number of nitrogens with two attached hydrogens (primary N) is 2. The first-order valence-corrected chi connectivity index (χ1v) is 6.09. The molecule has 0 radical (unpaired) electrons. The van der Waals surface area contributed by atoms with Crippen molar-refractivity contribution < 1.29 is 19.1 Å². The van der Waals surface area contributed by atoms with Gasteiger partial charge in [-0.15, -0.1) is 0 Å². The van der Waals surface area contributed by atoms with Gasteiger partial charge < -0.3 is 26.3 Å². The van der Waals surface area contributed by atoms with Crippen LogP contribution in [0.4, 0.5) is 5.69 Å². The Morgan fingerprint density at radius 2 is 2.10 bits per heavy atom. The van der Waals surface area contributed by atoms with E-state index >= 15 is 0 Å². The van der Waals surface area contributed by atoms with E-state index < -0.39 is 12.0 Å². The number of ether oxygens (including phenoxy) is 2.